The van der Waals surface area contributed by atoms with Crippen LogP contribution in [0.1, 0.15) is 10.4 Å². The van der Waals surface area contributed by atoms with Crippen LogP contribution in [0.15, 0.2) is 18.2 Å². The number of hydrogen-bond acceptors (Lipinski definition) is 4. The van der Waals surface area contributed by atoms with Crippen molar-refractivity contribution in [1.82, 2.24) is 9.91 Å². The van der Waals surface area contributed by atoms with Gasteiger partial charge in [-0.15, -0.1) is 0 Å². The fourth-order valence-electron chi connectivity index (χ4n) is 1.92. The number of carboxylic acid groups (broad SMARTS) is 1. The number of hydrazine groups is 1. The predicted octanol–water partition coefficient (Wildman–Crippen LogP) is 1.10. The van der Waals surface area contributed by atoms with E-state index in [1.54, 1.807) is 6.07 Å². The molecule has 0 atom stereocenters. The third-order valence-electron chi connectivity index (χ3n) is 3.01. The maximum Gasteiger partial charge on any atom is 0.340 e. The molecule has 2 rings (SSSR count). The van der Waals surface area contributed by atoms with Gasteiger partial charge in [-0.25, -0.2) is 14.2 Å². The molecule has 2 N–H and O–H groups in total. The minimum atomic E-state index is -1.26. The summed E-state index contributed by atoms with van der Waals surface area (Å²) in [6, 6.07) is 4.23. The number of carboxylic acids is 1. The third-order valence-corrected chi connectivity index (χ3v) is 3.01. The number of benzene rings is 1. The van der Waals surface area contributed by atoms with Crippen molar-refractivity contribution in [2.45, 2.75) is 0 Å². The molecule has 5 nitrogen and oxygen atoms in total. The Morgan fingerprint density at radius 3 is 2.61 bits per heavy atom. The highest BCUT2D eigenvalue weighted by Crippen LogP contribution is 2.19. The van der Waals surface area contributed by atoms with Gasteiger partial charge in [0.15, 0.2) is 0 Å². The zero-order chi connectivity index (χ0) is 13.1. The molecule has 0 aliphatic carbocycles. The summed E-state index contributed by atoms with van der Waals surface area (Å²) in [5.74, 6) is -1.98. The van der Waals surface area contributed by atoms with Gasteiger partial charge in [-0.05, 0) is 19.2 Å². The van der Waals surface area contributed by atoms with Crippen molar-refractivity contribution in [2.75, 3.05) is 38.7 Å². The van der Waals surface area contributed by atoms with Gasteiger partial charge in [-0.2, -0.15) is 0 Å². The van der Waals surface area contributed by atoms with Crippen LogP contribution in [0.3, 0.4) is 0 Å². The van der Waals surface area contributed by atoms with Crippen molar-refractivity contribution in [1.29, 1.82) is 0 Å². The van der Waals surface area contributed by atoms with E-state index in [-0.39, 0.29) is 5.56 Å². The van der Waals surface area contributed by atoms with E-state index in [1.165, 1.54) is 6.07 Å². The average Bonchev–Trinajstić information content (AvgIpc) is 2.32. The van der Waals surface area contributed by atoms with E-state index < -0.39 is 11.8 Å². The van der Waals surface area contributed by atoms with Gasteiger partial charge < -0.3 is 15.4 Å². The molecular weight excluding hydrogens is 237 g/mol. The van der Waals surface area contributed by atoms with Crippen molar-refractivity contribution in [3.05, 3.63) is 29.6 Å². The highest BCUT2D eigenvalue weighted by atomic mass is 19.1. The normalized spacial score (nSPS) is 17.7. The molecule has 1 aromatic rings. The van der Waals surface area contributed by atoms with Crippen LogP contribution >= 0.6 is 0 Å². The summed E-state index contributed by atoms with van der Waals surface area (Å²) in [4.78, 5) is 13.2. The minimum absolute atomic E-state index is 0.298. The Bertz CT molecular complexity index is 445. The lowest BCUT2D eigenvalue weighted by Crippen LogP contribution is -2.47. The first-order valence-electron chi connectivity index (χ1n) is 5.80. The Kier molecular flexibility index (Phi) is 3.78. The molecule has 98 valence electrons. The smallest absolute Gasteiger partial charge is 0.340 e. The second kappa shape index (κ2) is 5.32. The van der Waals surface area contributed by atoms with Crippen LogP contribution in [0.5, 0.6) is 0 Å². The number of nitrogens with one attached hydrogen (secondary N) is 1. The van der Waals surface area contributed by atoms with Gasteiger partial charge in [0.05, 0.1) is 5.69 Å². The number of aromatic carboxylic acids is 1. The molecule has 0 bridgehead atoms. The highest BCUT2D eigenvalue weighted by molar-refractivity contribution is 5.94. The maximum absolute atomic E-state index is 13.5. The molecule has 1 aromatic carbocycles. The van der Waals surface area contributed by atoms with Crippen molar-refractivity contribution >= 4 is 11.7 Å². The number of nitrogens with zero attached hydrogens (tertiary/aromatic N) is 2. The topological polar surface area (TPSA) is 55.8 Å². The number of carbonyl (C=O) groups is 1. The molecular formula is C12H16FN3O2. The Balaban J connectivity index is 2.14. The summed E-state index contributed by atoms with van der Waals surface area (Å²) in [5, 5.41) is 10.9. The lowest BCUT2D eigenvalue weighted by Gasteiger charge is -2.33. The van der Waals surface area contributed by atoms with E-state index in [9.17, 15) is 9.18 Å². The monoisotopic (exact) mass is 253 g/mol. The van der Waals surface area contributed by atoms with Gasteiger partial charge in [0.25, 0.3) is 0 Å². The largest absolute Gasteiger partial charge is 0.478 e. The van der Waals surface area contributed by atoms with E-state index in [0.29, 0.717) is 5.69 Å². The second-order valence-corrected chi connectivity index (χ2v) is 4.37. The summed E-state index contributed by atoms with van der Waals surface area (Å²) >= 11 is 0. The zero-order valence-corrected chi connectivity index (χ0v) is 10.2. The fraction of sp³-hybridized carbons (Fsp3) is 0.417. The summed E-state index contributed by atoms with van der Waals surface area (Å²) in [5.41, 5.74) is 2.97. The highest BCUT2D eigenvalue weighted by Gasteiger charge is 2.19. The number of likely N-dealkylation sites (N-methyl/N-ethyl adjacent to an activating group) is 1. The first-order valence-corrected chi connectivity index (χ1v) is 5.80. The van der Waals surface area contributed by atoms with Crippen LogP contribution in [-0.4, -0.2) is 54.2 Å². The Morgan fingerprint density at radius 2 is 2.00 bits per heavy atom. The Hall–Kier alpha value is -1.66. The molecule has 0 unspecified atom stereocenters. The number of hydrogen-bond donors (Lipinski definition) is 2. The van der Waals surface area contributed by atoms with Crippen LogP contribution in [0.4, 0.5) is 10.1 Å². The second-order valence-electron chi connectivity index (χ2n) is 4.37. The summed E-state index contributed by atoms with van der Waals surface area (Å²) in [6.07, 6.45) is 0. The van der Waals surface area contributed by atoms with Crippen LogP contribution < -0.4 is 5.43 Å². The molecule has 1 heterocycles. The van der Waals surface area contributed by atoms with E-state index in [0.717, 1.165) is 32.2 Å². The van der Waals surface area contributed by atoms with Crippen molar-refractivity contribution in [3.8, 4) is 0 Å². The van der Waals surface area contributed by atoms with Crippen molar-refractivity contribution in [3.63, 3.8) is 0 Å². The standard InChI is InChI=1S/C12H16FN3O2/c1-15-5-7-16(8-6-15)14-10-4-2-3-9(13)11(10)12(17)18/h2-4,14H,5-8H2,1H3,(H,17,18). The molecule has 18 heavy (non-hydrogen) atoms. The molecule has 0 aromatic heterocycles. The van der Waals surface area contributed by atoms with Crippen LogP contribution in [0.25, 0.3) is 0 Å². The lowest BCUT2D eigenvalue weighted by atomic mass is 10.1. The first kappa shape index (κ1) is 12.8. The number of rotatable bonds is 3. The van der Waals surface area contributed by atoms with Gasteiger partial charge in [0.2, 0.25) is 0 Å². The SMILES string of the molecule is CN1CCN(Nc2cccc(F)c2C(=O)O)CC1. The zero-order valence-electron chi connectivity index (χ0n) is 10.2. The quantitative estimate of drug-likeness (QED) is 0.844. The van der Waals surface area contributed by atoms with E-state index in [4.69, 9.17) is 5.11 Å². The summed E-state index contributed by atoms with van der Waals surface area (Å²) in [6.45, 7) is 3.33. The average molecular weight is 253 g/mol. The maximum atomic E-state index is 13.5. The number of anilines is 1. The first-order chi connectivity index (χ1) is 8.58. The molecule has 0 spiro atoms. The van der Waals surface area contributed by atoms with Gasteiger partial charge in [-0.1, -0.05) is 6.07 Å². The summed E-state index contributed by atoms with van der Waals surface area (Å²) in [7, 11) is 2.03. The fourth-order valence-corrected chi connectivity index (χ4v) is 1.92. The van der Waals surface area contributed by atoms with Crippen LogP contribution in [0, 0.1) is 5.82 Å². The van der Waals surface area contributed by atoms with Gasteiger partial charge in [0, 0.05) is 26.2 Å². The van der Waals surface area contributed by atoms with E-state index >= 15 is 0 Å². The van der Waals surface area contributed by atoms with Crippen LogP contribution in [0.2, 0.25) is 0 Å². The van der Waals surface area contributed by atoms with Crippen molar-refractivity contribution in [2.24, 2.45) is 0 Å². The summed E-state index contributed by atoms with van der Waals surface area (Å²) < 4.78 is 13.5. The van der Waals surface area contributed by atoms with Gasteiger partial charge >= 0.3 is 5.97 Å². The van der Waals surface area contributed by atoms with Gasteiger partial charge in [0.1, 0.15) is 11.4 Å². The Morgan fingerprint density at radius 1 is 1.33 bits per heavy atom. The molecule has 1 aliphatic rings. The molecule has 0 radical (unpaired) electrons. The molecule has 0 saturated carbocycles. The molecule has 1 fully saturated rings. The molecule has 1 saturated heterocycles. The minimum Gasteiger partial charge on any atom is -0.478 e. The number of halogens is 1. The molecule has 6 heteroatoms. The van der Waals surface area contributed by atoms with E-state index in [2.05, 4.69) is 10.3 Å². The van der Waals surface area contributed by atoms with Gasteiger partial charge in [-0.3, -0.25) is 0 Å². The Labute approximate surface area is 105 Å². The van der Waals surface area contributed by atoms with E-state index in [1.807, 2.05) is 12.1 Å². The van der Waals surface area contributed by atoms with Crippen molar-refractivity contribution < 1.29 is 14.3 Å². The molecule has 1 aliphatic heterocycles. The number of piperazine rings is 1. The lowest BCUT2D eigenvalue weighted by molar-refractivity contribution is 0.0692. The molecule has 0 amide bonds. The van der Waals surface area contributed by atoms with Crippen LogP contribution in [-0.2, 0) is 0 Å². The predicted molar refractivity (Wildman–Crippen MR) is 66.1 cm³/mol. The third kappa shape index (κ3) is 2.77.